The van der Waals surface area contributed by atoms with Crippen molar-refractivity contribution in [3.05, 3.63) is 42.0 Å². The van der Waals surface area contributed by atoms with Crippen molar-refractivity contribution in [2.75, 3.05) is 13.2 Å². The van der Waals surface area contributed by atoms with Crippen LogP contribution in [0.2, 0.25) is 0 Å². The molecule has 1 unspecified atom stereocenters. The lowest BCUT2D eigenvalue weighted by atomic mass is 9.82. The maximum absolute atomic E-state index is 13.4. The molecule has 3 amide bonds. The van der Waals surface area contributed by atoms with Crippen molar-refractivity contribution in [1.82, 2.24) is 15.9 Å². The molecule has 9 nitrogen and oxygen atoms in total. The van der Waals surface area contributed by atoms with E-state index in [9.17, 15) is 19.5 Å². The molecular formula is C27H41N3O6. The number of nitrogens with one attached hydrogen (secondary N) is 2. The van der Waals surface area contributed by atoms with Crippen molar-refractivity contribution >= 4 is 24.0 Å². The number of hydrazine groups is 1. The number of benzene rings is 1. The van der Waals surface area contributed by atoms with Crippen LogP contribution in [0.15, 0.2) is 36.4 Å². The second kappa shape index (κ2) is 15.3. The number of hydrogen-bond donors (Lipinski definition) is 3. The van der Waals surface area contributed by atoms with Gasteiger partial charge in [-0.25, -0.2) is 20.1 Å². The lowest BCUT2D eigenvalue weighted by molar-refractivity contribution is -0.203. The first-order chi connectivity index (χ1) is 17.2. The molecule has 1 saturated heterocycles. The Hall–Kier alpha value is -2.91. The SMILES string of the molecule is CC(C)C[C@@H](C(=O)NN(CC(C)C)C(=O)O)[C@H](CC=Cc1ccccc1)C(=O)NOC1CCCCO1. The number of hydroxylamine groups is 1. The van der Waals surface area contributed by atoms with Gasteiger partial charge in [0.25, 0.3) is 0 Å². The summed E-state index contributed by atoms with van der Waals surface area (Å²) in [7, 11) is 0. The van der Waals surface area contributed by atoms with Gasteiger partial charge >= 0.3 is 6.09 Å². The average Bonchev–Trinajstić information content (AvgIpc) is 2.84. The van der Waals surface area contributed by atoms with Gasteiger partial charge in [0.05, 0.1) is 11.8 Å². The summed E-state index contributed by atoms with van der Waals surface area (Å²) < 4.78 is 5.53. The highest BCUT2D eigenvalue weighted by atomic mass is 16.8. The third-order valence-electron chi connectivity index (χ3n) is 5.84. The first-order valence-electron chi connectivity index (χ1n) is 12.8. The molecule has 9 heteroatoms. The maximum Gasteiger partial charge on any atom is 0.426 e. The summed E-state index contributed by atoms with van der Waals surface area (Å²) in [6, 6.07) is 9.67. The van der Waals surface area contributed by atoms with E-state index in [0.29, 0.717) is 19.4 Å². The van der Waals surface area contributed by atoms with Crippen LogP contribution >= 0.6 is 0 Å². The lowest BCUT2D eigenvalue weighted by Crippen LogP contribution is -2.52. The van der Waals surface area contributed by atoms with E-state index in [1.165, 1.54) is 0 Å². The molecule has 3 atom stereocenters. The Morgan fingerprint density at radius 2 is 1.81 bits per heavy atom. The quantitative estimate of drug-likeness (QED) is 0.359. The summed E-state index contributed by atoms with van der Waals surface area (Å²) in [6.07, 6.45) is 5.25. The van der Waals surface area contributed by atoms with E-state index in [0.717, 1.165) is 23.4 Å². The van der Waals surface area contributed by atoms with Crippen LogP contribution in [0, 0.1) is 23.7 Å². The van der Waals surface area contributed by atoms with Gasteiger partial charge in [0, 0.05) is 19.6 Å². The van der Waals surface area contributed by atoms with Gasteiger partial charge in [-0.3, -0.25) is 15.0 Å². The highest BCUT2D eigenvalue weighted by Crippen LogP contribution is 2.26. The van der Waals surface area contributed by atoms with Crippen LogP contribution in [-0.2, 0) is 19.2 Å². The van der Waals surface area contributed by atoms with E-state index < -0.39 is 36.0 Å². The van der Waals surface area contributed by atoms with E-state index in [1.807, 2.05) is 70.2 Å². The fraction of sp³-hybridized carbons (Fsp3) is 0.593. The van der Waals surface area contributed by atoms with E-state index in [-0.39, 0.29) is 24.8 Å². The topological polar surface area (TPSA) is 117 Å². The van der Waals surface area contributed by atoms with Crippen molar-refractivity contribution in [2.24, 2.45) is 23.7 Å². The highest BCUT2D eigenvalue weighted by Gasteiger charge is 2.35. The summed E-state index contributed by atoms with van der Waals surface area (Å²) >= 11 is 0. The van der Waals surface area contributed by atoms with Gasteiger partial charge in [0.1, 0.15) is 0 Å². The standard InChI is InChI=1S/C27H41N3O6/c1-19(2)17-23(25(31)28-30(27(33)34)18-20(3)4)22(14-10-13-21-11-6-5-7-12-21)26(32)29-36-24-15-8-9-16-35-24/h5-7,10-13,19-20,22-24H,8-9,14-18H2,1-4H3,(H,28,31)(H,29,32)(H,33,34)/t22-,23+,24?/m0/s1. The van der Waals surface area contributed by atoms with Crippen LogP contribution in [0.1, 0.15) is 65.4 Å². The fourth-order valence-electron chi connectivity index (χ4n) is 4.09. The molecule has 0 aliphatic carbocycles. The van der Waals surface area contributed by atoms with Crippen molar-refractivity contribution in [2.45, 2.75) is 66.1 Å². The molecule has 36 heavy (non-hydrogen) atoms. The maximum atomic E-state index is 13.4. The van der Waals surface area contributed by atoms with Crippen LogP contribution in [0.25, 0.3) is 6.08 Å². The normalized spacial score (nSPS) is 17.7. The van der Waals surface area contributed by atoms with Crippen LogP contribution in [0.4, 0.5) is 4.79 Å². The third kappa shape index (κ3) is 10.4. The first kappa shape index (κ1) is 29.3. The van der Waals surface area contributed by atoms with E-state index in [1.54, 1.807) is 0 Å². The highest BCUT2D eigenvalue weighted by molar-refractivity contribution is 5.88. The van der Waals surface area contributed by atoms with Gasteiger partial charge in [0.2, 0.25) is 11.8 Å². The van der Waals surface area contributed by atoms with E-state index in [4.69, 9.17) is 9.57 Å². The van der Waals surface area contributed by atoms with Gasteiger partial charge in [-0.2, -0.15) is 0 Å². The molecule has 0 radical (unpaired) electrons. The van der Waals surface area contributed by atoms with Crippen LogP contribution in [-0.4, -0.2) is 47.5 Å². The smallest absolute Gasteiger partial charge is 0.426 e. The molecule has 0 bridgehead atoms. The zero-order valence-corrected chi connectivity index (χ0v) is 21.8. The second-order valence-corrected chi connectivity index (χ2v) is 10.0. The molecule has 1 fully saturated rings. The number of carbonyl (C=O) groups is 3. The Kier molecular flexibility index (Phi) is 12.4. The molecule has 0 saturated carbocycles. The molecule has 1 aromatic carbocycles. The largest absolute Gasteiger partial charge is 0.464 e. The summed E-state index contributed by atoms with van der Waals surface area (Å²) in [5, 5.41) is 10.5. The van der Waals surface area contributed by atoms with Crippen molar-refractivity contribution < 1.29 is 29.1 Å². The zero-order chi connectivity index (χ0) is 26.5. The Morgan fingerprint density at radius 3 is 2.39 bits per heavy atom. The number of nitrogens with zero attached hydrogens (tertiary/aromatic N) is 1. The van der Waals surface area contributed by atoms with Crippen LogP contribution in [0.3, 0.4) is 0 Å². The molecule has 3 N–H and O–H groups in total. The molecule has 0 aromatic heterocycles. The number of hydrogen-bond acceptors (Lipinski definition) is 5. The Labute approximate surface area is 214 Å². The monoisotopic (exact) mass is 503 g/mol. The first-order valence-corrected chi connectivity index (χ1v) is 12.8. The Balaban J connectivity index is 2.23. The predicted molar refractivity (Wildman–Crippen MR) is 137 cm³/mol. The van der Waals surface area contributed by atoms with E-state index >= 15 is 0 Å². The minimum atomic E-state index is -1.25. The number of amides is 3. The van der Waals surface area contributed by atoms with Gasteiger partial charge in [-0.1, -0.05) is 70.2 Å². The van der Waals surface area contributed by atoms with Crippen LogP contribution < -0.4 is 10.9 Å². The number of rotatable bonds is 12. The lowest BCUT2D eigenvalue weighted by Gasteiger charge is -2.30. The number of carboxylic acid groups (broad SMARTS) is 1. The summed E-state index contributed by atoms with van der Waals surface area (Å²) in [5.74, 6) is -2.37. The van der Waals surface area contributed by atoms with Crippen molar-refractivity contribution in [1.29, 1.82) is 0 Å². The molecule has 2 rings (SSSR count). The predicted octanol–water partition coefficient (Wildman–Crippen LogP) is 4.61. The van der Waals surface area contributed by atoms with Crippen molar-refractivity contribution in [3.8, 4) is 0 Å². The second-order valence-electron chi connectivity index (χ2n) is 10.0. The van der Waals surface area contributed by atoms with Gasteiger partial charge in [-0.05, 0) is 43.1 Å². The molecular weight excluding hydrogens is 462 g/mol. The summed E-state index contributed by atoms with van der Waals surface area (Å²) in [6.45, 7) is 8.37. The molecule has 200 valence electrons. The van der Waals surface area contributed by atoms with Crippen LogP contribution in [0.5, 0.6) is 0 Å². The van der Waals surface area contributed by atoms with Gasteiger partial charge in [-0.15, -0.1) is 0 Å². The minimum Gasteiger partial charge on any atom is -0.464 e. The molecule has 1 heterocycles. The van der Waals surface area contributed by atoms with E-state index in [2.05, 4.69) is 10.9 Å². The Morgan fingerprint density at radius 1 is 1.08 bits per heavy atom. The van der Waals surface area contributed by atoms with Crippen molar-refractivity contribution in [3.63, 3.8) is 0 Å². The van der Waals surface area contributed by atoms with Gasteiger partial charge < -0.3 is 9.84 Å². The zero-order valence-electron chi connectivity index (χ0n) is 21.8. The Bertz CT molecular complexity index is 852. The fourth-order valence-corrected chi connectivity index (χ4v) is 4.09. The molecule has 1 aliphatic rings. The third-order valence-corrected chi connectivity index (χ3v) is 5.84. The average molecular weight is 504 g/mol. The molecule has 0 spiro atoms. The molecule has 1 aliphatic heterocycles. The summed E-state index contributed by atoms with van der Waals surface area (Å²) in [4.78, 5) is 43.9. The van der Waals surface area contributed by atoms with Gasteiger partial charge in [0.15, 0.2) is 6.29 Å². The number of allylic oxidation sites excluding steroid dienone is 1. The summed E-state index contributed by atoms with van der Waals surface area (Å²) in [5.41, 5.74) is 6.01. The number of ether oxygens (including phenoxy) is 1. The minimum absolute atomic E-state index is 0.0155. The molecule has 1 aromatic rings. The number of carbonyl (C=O) groups excluding carboxylic acids is 2.